The van der Waals surface area contributed by atoms with Crippen molar-refractivity contribution in [1.29, 1.82) is 0 Å². The van der Waals surface area contributed by atoms with E-state index in [0.717, 1.165) is 22.3 Å². The third kappa shape index (κ3) is 4.38. The van der Waals surface area contributed by atoms with Gasteiger partial charge in [0.15, 0.2) is 0 Å². The summed E-state index contributed by atoms with van der Waals surface area (Å²) in [6, 6.07) is 16.6. The molecule has 1 aliphatic carbocycles. The van der Waals surface area contributed by atoms with E-state index >= 15 is 0 Å². The normalized spacial score (nSPS) is 13.1. The number of nitrogens with one attached hydrogen (secondary N) is 2. The fourth-order valence-electron chi connectivity index (χ4n) is 3.80. The molecule has 0 radical (unpaired) electrons. The largest absolute Gasteiger partial charge is 0.468 e. The van der Waals surface area contributed by atoms with E-state index in [4.69, 9.17) is 8.83 Å². The molecule has 0 saturated carbocycles. The van der Waals surface area contributed by atoms with Gasteiger partial charge >= 0.3 is 0 Å². The number of fused-ring (bicyclic) bond motifs is 3. The molecule has 2 aromatic heterocycles. The van der Waals surface area contributed by atoms with Crippen LogP contribution in [0.3, 0.4) is 0 Å². The van der Waals surface area contributed by atoms with Crippen molar-refractivity contribution >= 4 is 20.0 Å². The van der Waals surface area contributed by atoms with Gasteiger partial charge in [0, 0.05) is 0 Å². The highest BCUT2D eigenvalue weighted by Crippen LogP contribution is 2.38. The third-order valence-electron chi connectivity index (χ3n) is 5.48. The number of sulfonamides is 2. The minimum Gasteiger partial charge on any atom is -0.468 e. The number of hydrogen-bond donors (Lipinski definition) is 2. The van der Waals surface area contributed by atoms with Crippen LogP contribution in [-0.4, -0.2) is 16.8 Å². The van der Waals surface area contributed by atoms with Crippen LogP contribution in [0.15, 0.2) is 91.8 Å². The Morgan fingerprint density at radius 1 is 0.667 bits per heavy atom. The molecule has 33 heavy (non-hydrogen) atoms. The molecule has 0 spiro atoms. The van der Waals surface area contributed by atoms with Crippen molar-refractivity contribution in [3.05, 3.63) is 95.8 Å². The Kier molecular flexibility index (Phi) is 5.45. The Hall–Kier alpha value is -3.18. The highest BCUT2D eigenvalue weighted by molar-refractivity contribution is 7.89. The molecule has 0 bridgehead atoms. The molecule has 0 aliphatic heterocycles. The first-order valence-electron chi connectivity index (χ1n) is 10.1. The topological polar surface area (TPSA) is 119 Å². The first-order chi connectivity index (χ1) is 15.8. The van der Waals surface area contributed by atoms with Gasteiger partial charge in [0.1, 0.15) is 11.5 Å². The Balaban J connectivity index is 1.38. The van der Waals surface area contributed by atoms with E-state index in [1.54, 1.807) is 54.6 Å². The second-order valence-corrected chi connectivity index (χ2v) is 11.2. The van der Waals surface area contributed by atoms with E-state index in [9.17, 15) is 16.8 Å². The predicted molar refractivity (Wildman–Crippen MR) is 120 cm³/mol. The van der Waals surface area contributed by atoms with E-state index in [2.05, 4.69) is 9.44 Å². The minimum atomic E-state index is -3.75. The molecule has 0 fully saturated rings. The summed E-state index contributed by atoms with van der Waals surface area (Å²) in [5, 5.41) is 0. The van der Waals surface area contributed by atoms with Crippen LogP contribution < -0.4 is 9.44 Å². The fraction of sp³-hybridized carbons (Fsp3) is 0.130. The van der Waals surface area contributed by atoms with E-state index in [0.29, 0.717) is 17.9 Å². The van der Waals surface area contributed by atoms with Gasteiger partial charge in [-0.05, 0) is 77.2 Å². The van der Waals surface area contributed by atoms with Crippen LogP contribution >= 0.6 is 0 Å². The monoisotopic (exact) mass is 484 g/mol. The summed E-state index contributed by atoms with van der Waals surface area (Å²) >= 11 is 0. The smallest absolute Gasteiger partial charge is 0.240 e. The van der Waals surface area contributed by atoms with Gasteiger partial charge in [-0.15, -0.1) is 0 Å². The van der Waals surface area contributed by atoms with E-state index in [-0.39, 0.29) is 22.9 Å². The van der Waals surface area contributed by atoms with Crippen molar-refractivity contribution in [2.75, 3.05) is 0 Å². The van der Waals surface area contributed by atoms with Crippen LogP contribution in [-0.2, 0) is 39.6 Å². The zero-order valence-electron chi connectivity index (χ0n) is 17.3. The van der Waals surface area contributed by atoms with Gasteiger partial charge in [0.25, 0.3) is 0 Å². The third-order valence-corrected chi connectivity index (χ3v) is 8.28. The summed E-state index contributed by atoms with van der Waals surface area (Å²) in [7, 11) is -7.48. The van der Waals surface area contributed by atoms with Crippen molar-refractivity contribution in [1.82, 2.24) is 9.44 Å². The average molecular weight is 485 g/mol. The summed E-state index contributed by atoms with van der Waals surface area (Å²) < 4.78 is 66.3. The number of hydrogen-bond acceptors (Lipinski definition) is 6. The quantitative estimate of drug-likeness (QED) is 0.348. The minimum absolute atomic E-state index is 0.0508. The molecule has 4 aromatic rings. The molecule has 2 heterocycles. The van der Waals surface area contributed by atoms with Crippen molar-refractivity contribution in [3.8, 4) is 11.1 Å². The Morgan fingerprint density at radius 2 is 1.24 bits per heavy atom. The number of rotatable bonds is 8. The lowest BCUT2D eigenvalue weighted by molar-refractivity contribution is 0.498. The number of benzene rings is 2. The summed E-state index contributed by atoms with van der Waals surface area (Å²) in [5.74, 6) is 1.03. The molecule has 0 atom stereocenters. The van der Waals surface area contributed by atoms with Crippen molar-refractivity contribution in [3.63, 3.8) is 0 Å². The van der Waals surface area contributed by atoms with E-state index in [1.807, 2.05) is 0 Å². The van der Waals surface area contributed by atoms with Crippen LogP contribution in [0.1, 0.15) is 22.6 Å². The molecule has 2 N–H and O–H groups in total. The highest BCUT2D eigenvalue weighted by Gasteiger charge is 2.25. The lowest BCUT2D eigenvalue weighted by Crippen LogP contribution is -2.23. The van der Waals surface area contributed by atoms with E-state index in [1.165, 1.54) is 18.6 Å². The van der Waals surface area contributed by atoms with Crippen molar-refractivity contribution in [2.24, 2.45) is 0 Å². The van der Waals surface area contributed by atoms with Gasteiger partial charge in [0.2, 0.25) is 20.0 Å². The van der Waals surface area contributed by atoms with Crippen molar-refractivity contribution in [2.45, 2.75) is 29.3 Å². The van der Waals surface area contributed by atoms with Crippen LogP contribution in [0, 0.1) is 0 Å². The maximum absolute atomic E-state index is 12.7. The maximum Gasteiger partial charge on any atom is 0.240 e. The Labute approximate surface area is 191 Å². The molecule has 5 rings (SSSR count). The van der Waals surface area contributed by atoms with Crippen LogP contribution in [0.5, 0.6) is 0 Å². The average Bonchev–Trinajstić information content (AvgIpc) is 3.56. The van der Waals surface area contributed by atoms with Gasteiger partial charge in [-0.25, -0.2) is 26.3 Å². The van der Waals surface area contributed by atoms with Crippen molar-refractivity contribution < 1.29 is 25.7 Å². The first-order valence-corrected chi connectivity index (χ1v) is 13.1. The molecule has 10 heteroatoms. The summed E-state index contributed by atoms with van der Waals surface area (Å²) in [5.41, 5.74) is 3.36. The maximum atomic E-state index is 12.7. The van der Waals surface area contributed by atoms with Crippen LogP contribution in [0.2, 0.25) is 0 Å². The Morgan fingerprint density at radius 3 is 1.82 bits per heavy atom. The molecule has 170 valence electrons. The SMILES string of the molecule is O=S(=O)(NCc1ccco1)c1ccc2c(c1)Cc1ccc(S(=O)(=O)NCc3ccco3)cc1-2. The lowest BCUT2D eigenvalue weighted by Gasteiger charge is -2.09. The van der Waals surface area contributed by atoms with Crippen LogP contribution in [0.25, 0.3) is 11.1 Å². The number of furan rings is 2. The van der Waals surface area contributed by atoms with Gasteiger partial charge < -0.3 is 8.83 Å². The van der Waals surface area contributed by atoms with Gasteiger partial charge in [-0.3, -0.25) is 0 Å². The molecule has 1 aliphatic rings. The predicted octanol–water partition coefficient (Wildman–Crippen LogP) is 3.40. The highest BCUT2D eigenvalue weighted by atomic mass is 32.2. The van der Waals surface area contributed by atoms with Gasteiger partial charge in [-0.2, -0.15) is 0 Å². The summed E-state index contributed by atoms with van der Waals surface area (Å²) in [6.45, 7) is 0.105. The Bertz CT molecular complexity index is 1510. The van der Waals surface area contributed by atoms with E-state index < -0.39 is 20.0 Å². The molecule has 0 unspecified atom stereocenters. The fourth-order valence-corrected chi connectivity index (χ4v) is 5.87. The van der Waals surface area contributed by atoms with Gasteiger partial charge in [-0.1, -0.05) is 12.1 Å². The molecule has 8 nitrogen and oxygen atoms in total. The first kappa shape index (κ1) is 21.7. The molecular formula is C23H20N2O6S2. The zero-order valence-corrected chi connectivity index (χ0v) is 18.9. The van der Waals surface area contributed by atoms with Crippen LogP contribution in [0.4, 0.5) is 0 Å². The standard InChI is InChI=1S/C23H20N2O6S2/c26-32(27,24-14-18-3-1-9-30-18)20-7-8-22-17(12-20)11-16-5-6-21(13-23(16)22)33(28,29)25-15-19-4-2-10-31-19/h1-10,12-13,24-25H,11,14-15H2. The van der Waals surface area contributed by atoms with Gasteiger partial charge in [0.05, 0.1) is 35.4 Å². The zero-order chi connectivity index (χ0) is 23.1. The summed E-state index contributed by atoms with van der Waals surface area (Å²) in [6.07, 6.45) is 3.49. The second kappa shape index (κ2) is 8.31. The lowest BCUT2D eigenvalue weighted by atomic mass is 10.1. The molecule has 0 saturated heterocycles. The summed E-state index contributed by atoms with van der Waals surface area (Å²) in [4.78, 5) is 0.283. The second-order valence-electron chi connectivity index (χ2n) is 7.62. The molecule has 0 amide bonds. The molecular weight excluding hydrogens is 464 g/mol. The molecule has 2 aromatic carbocycles.